The number of nitrogens with zero attached hydrogens (tertiary/aromatic N) is 2. The van der Waals surface area contributed by atoms with Crippen LogP contribution in [0.15, 0.2) is 42.5 Å². The maximum atomic E-state index is 12.7. The summed E-state index contributed by atoms with van der Waals surface area (Å²) in [5, 5.41) is 0. The quantitative estimate of drug-likeness (QED) is 0.735. The fraction of sp³-hybridized carbons (Fsp3) is 0.409. The lowest BCUT2D eigenvalue weighted by Gasteiger charge is -2.36. The minimum atomic E-state index is 0.176. The van der Waals surface area contributed by atoms with Gasteiger partial charge in [-0.2, -0.15) is 0 Å². The lowest BCUT2D eigenvalue weighted by molar-refractivity contribution is -0.131. The van der Waals surface area contributed by atoms with Gasteiger partial charge < -0.3 is 24.0 Å². The molecule has 0 radical (unpaired) electrons. The van der Waals surface area contributed by atoms with Crippen molar-refractivity contribution in [2.45, 2.75) is 12.8 Å². The summed E-state index contributed by atoms with van der Waals surface area (Å²) in [4.78, 5) is 16.9. The molecule has 3 rings (SSSR count). The molecule has 1 fully saturated rings. The van der Waals surface area contributed by atoms with Crippen LogP contribution < -0.4 is 19.1 Å². The molecule has 0 atom stereocenters. The normalized spacial score (nSPS) is 14.0. The fourth-order valence-corrected chi connectivity index (χ4v) is 3.50. The van der Waals surface area contributed by atoms with Crippen LogP contribution in [-0.4, -0.2) is 58.3 Å². The molecule has 6 nitrogen and oxygen atoms in total. The first-order valence-corrected chi connectivity index (χ1v) is 9.52. The Morgan fingerprint density at radius 2 is 1.61 bits per heavy atom. The SMILES string of the molecule is COc1cccc(N2CCN(C(=O)CCc3cc(OC)ccc3OC)CC2)c1. The third-order valence-electron chi connectivity index (χ3n) is 5.15. The van der Waals surface area contributed by atoms with E-state index in [0.29, 0.717) is 12.8 Å². The number of piperazine rings is 1. The number of methoxy groups -OCH3 is 3. The minimum Gasteiger partial charge on any atom is -0.497 e. The van der Waals surface area contributed by atoms with Gasteiger partial charge in [-0.05, 0) is 42.3 Å². The molecule has 1 aliphatic rings. The zero-order valence-electron chi connectivity index (χ0n) is 16.8. The monoisotopic (exact) mass is 384 g/mol. The molecule has 1 amide bonds. The molecule has 1 aliphatic heterocycles. The molecule has 0 bridgehead atoms. The van der Waals surface area contributed by atoms with Crippen LogP contribution in [0.3, 0.4) is 0 Å². The molecule has 1 heterocycles. The average Bonchev–Trinajstić information content (AvgIpc) is 2.77. The second-order valence-electron chi connectivity index (χ2n) is 6.75. The number of anilines is 1. The molecule has 2 aromatic carbocycles. The smallest absolute Gasteiger partial charge is 0.223 e. The van der Waals surface area contributed by atoms with Crippen molar-refractivity contribution >= 4 is 11.6 Å². The Labute approximate surface area is 166 Å². The Morgan fingerprint density at radius 3 is 2.29 bits per heavy atom. The standard InChI is InChI=1S/C22H28N2O4/c1-26-19-6-4-5-18(16-19)23-11-13-24(14-12-23)22(25)10-7-17-15-20(27-2)8-9-21(17)28-3/h4-6,8-9,15-16H,7,10-14H2,1-3H3. The highest BCUT2D eigenvalue weighted by atomic mass is 16.5. The van der Waals surface area contributed by atoms with E-state index in [9.17, 15) is 4.79 Å². The molecule has 0 saturated carbocycles. The van der Waals surface area contributed by atoms with Gasteiger partial charge in [-0.25, -0.2) is 0 Å². The van der Waals surface area contributed by atoms with Gasteiger partial charge in [-0.1, -0.05) is 6.07 Å². The van der Waals surface area contributed by atoms with Gasteiger partial charge in [-0.3, -0.25) is 4.79 Å². The van der Waals surface area contributed by atoms with E-state index in [4.69, 9.17) is 14.2 Å². The van der Waals surface area contributed by atoms with Crippen LogP contribution >= 0.6 is 0 Å². The van der Waals surface area contributed by atoms with E-state index in [2.05, 4.69) is 11.0 Å². The van der Waals surface area contributed by atoms with E-state index in [1.807, 2.05) is 41.3 Å². The number of benzene rings is 2. The maximum absolute atomic E-state index is 12.7. The van der Waals surface area contributed by atoms with Gasteiger partial charge in [0.05, 0.1) is 21.3 Å². The molecular formula is C22H28N2O4. The molecule has 1 saturated heterocycles. The number of amides is 1. The minimum absolute atomic E-state index is 0.176. The van der Waals surface area contributed by atoms with E-state index in [0.717, 1.165) is 54.7 Å². The van der Waals surface area contributed by atoms with Gasteiger partial charge in [0.2, 0.25) is 5.91 Å². The molecule has 28 heavy (non-hydrogen) atoms. The van der Waals surface area contributed by atoms with Gasteiger partial charge in [-0.15, -0.1) is 0 Å². The number of carbonyl (C=O) groups is 1. The Kier molecular flexibility index (Phi) is 6.63. The molecule has 0 unspecified atom stereocenters. The number of carbonyl (C=O) groups excluding carboxylic acids is 1. The maximum Gasteiger partial charge on any atom is 0.223 e. The van der Waals surface area contributed by atoms with E-state index < -0.39 is 0 Å². The van der Waals surface area contributed by atoms with Crippen molar-refractivity contribution < 1.29 is 19.0 Å². The number of rotatable bonds is 7. The summed E-state index contributed by atoms with van der Waals surface area (Å²) in [6.07, 6.45) is 1.10. The third-order valence-corrected chi connectivity index (χ3v) is 5.15. The summed E-state index contributed by atoms with van der Waals surface area (Å²) in [5.41, 5.74) is 2.12. The predicted octanol–water partition coefficient (Wildman–Crippen LogP) is 2.99. The molecule has 0 aromatic heterocycles. The van der Waals surface area contributed by atoms with Crippen LogP contribution in [0, 0.1) is 0 Å². The zero-order valence-corrected chi connectivity index (χ0v) is 16.8. The number of hydrogen-bond donors (Lipinski definition) is 0. The first-order chi connectivity index (χ1) is 13.6. The van der Waals surface area contributed by atoms with E-state index in [1.165, 1.54) is 0 Å². The van der Waals surface area contributed by atoms with Crippen molar-refractivity contribution in [2.24, 2.45) is 0 Å². The lowest BCUT2D eigenvalue weighted by Crippen LogP contribution is -2.48. The van der Waals surface area contributed by atoms with Gasteiger partial charge in [0.25, 0.3) is 0 Å². The number of ether oxygens (including phenoxy) is 3. The Hall–Kier alpha value is -2.89. The summed E-state index contributed by atoms with van der Waals surface area (Å²) < 4.78 is 16.0. The molecule has 150 valence electrons. The molecule has 6 heteroatoms. The molecule has 0 N–H and O–H groups in total. The highest BCUT2D eigenvalue weighted by molar-refractivity contribution is 5.77. The topological polar surface area (TPSA) is 51.2 Å². The van der Waals surface area contributed by atoms with E-state index >= 15 is 0 Å². The van der Waals surface area contributed by atoms with Crippen molar-refractivity contribution in [3.8, 4) is 17.2 Å². The number of aryl methyl sites for hydroxylation is 1. The van der Waals surface area contributed by atoms with Crippen LogP contribution in [0.2, 0.25) is 0 Å². The second kappa shape index (κ2) is 9.35. The largest absolute Gasteiger partial charge is 0.497 e. The van der Waals surface area contributed by atoms with Crippen molar-refractivity contribution in [3.05, 3.63) is 48.0 Å². The van der Waals surface area contributed by atoms with Crippen LogP contribution in [-0.2, 0) is 11.2 Å². The second-order valence-corrected chi connectivity index (χ2v) is 6.75. The van der Waals surface area contributed by atoms with Gasteiger partial charge in [0.1, 0.15) is 17.2 Å². The predicted molar refractivity (Wildman–Crippen MR) is 110 cm³/mol. The summed E-state index contributed by atoms with van der Waals surface area (Å²) in [5.74, 6) is 2.59. The highest BCUT2D eigenvalue weighted by Gasteiger charge is 2.21. The molecular weight excluding hydrogens is 356 g/mol. The van der Waals surface area contributed by atoms with Gasteiger partial charge in [0, 0.05) is 44.4 Å². The third kappa shape index (κ3) is 4.68. The van der Waals surface area contributed by atoms with E-state index in [-0.39, 0.29) is 5.91 Å². The lowest BCUT2D eigenvalue weighted by atomic mass is 10.1. The van der Waals surface area contributed by atoms with Gasteiger partial charge in [0.15, 0.2) is 0 Å². The molecule has 0 spiro atoms. The first kappa shape index (κ1) is 19.9. The molecule has 0 aliphatic carbocycles. The first-order valence-electron chi connectivity index (χ1n) is 9.52. The summed E-state index contributed by atoms with van der Waals surface area (Å²) in [6.45, 7) is 3.10. The Bertz CT molecular complexity index is 801. The summed E-state index contributed by atoms with van der Waals surface area (Å²) in [6, 6.07) is 13.7. The average molecular weight is 384 g/mol. The van der Waals surface area contributed by atoms with Crippen molar-refractivity contribution in [2.75, 3.05) is 52.4 Å². The summed E-state index contributed by atoms with van der Waals surface area (Å²) in [7, 11) is 4.95. The van der Waals surface area contributed by atoms with Crippen molar-refractivity contribution in [1.29, 1.82) is 0 Å². The Balaban J connectivity index is 1.54. The zero-order chi connectivity index (χ0) is 19.9. The van der Waals surface area contributed by atoms with Crippen LogP contribution in [0.4, 0.5) is 5.69 Å². The van der Waals surface area contributed by atoms with Crippen molar-refractivity contribution in [1.82, 2.24) is 4.90 Å². The number of hydrogen-bond acceptors (Lipinski definition) is 5. The highest BCUT2D eigenvalue weighted by Crippen LogP contribution is 2.26. The van der Waals surface area contributed by atoms with Crippen LogP contribution in [0.25, 0.3) is 0 Å². The summed E-state index contributed by atoms with van der Waals surface area (Å²) >= 11 is 0. The van der Waals surface area contributed by atoms with E-state index in [1.54, 1.807) is 21.3 Å². The Morgan fingerprint density at radius 1 is 0.893 bits per heavy atom. The molecule has 2 aromatic rings. The van der Waals surface area contributed by atoms with Crippen LogP contribution in [0.5, 0.6) is 17.2 Å². The fourth-order valence-electron chi connectivity index (χ4n) is 3.50. The van der Waals surface area contributed by atoms with Crippen molar-refractivity contribution in [3.63, 3.8) is 0 Å². The van der Waals surface area contributed by atoms with Crippen LogP contribution in [0.1, 0.15) is 12.0 Å². The van der Waals surface area contributed by atoms with Gasteiger partial charge >= 0.3 is 0 Å².